The number of aryl methyl sites for hydroxylation is 2. The SMILES string of the molecule is Cc1ccc2c(c1)c1c(n2C#Cc2ccc(Cl)c(C)c2)CC2CCC1N2C. The Morgan fingerprint density at radius 2 is 1.93 bits per heavy atom. The molecule has 2 unspecified atom stereocenters. The molecule has 1 fully saturated rings. The summed E-state index contributed by atoms with van der Waals surface area (Å²) in [4.78, 5) is 2.57. The maximum Gasteiger partial charge on any atom is 0.0618 e. The van der Waals surface area contributed by atoms with Crippen LogP contribution in [0.15, 0.2) is 36.4 Å². The van der Waals surface area contributed by atoms with E-state index in [4.69, 9.17) is 11.6 Å². The number of rotatable bonds is 0. The topological polar surface area (TPSA) is 8.17 Å². The zero-order valence-corrected chi connectivity index (χ0v) is 16.8. The molecule has 2 aliphatic rings. The lowest BCUT2D eigenvalue weighted by molar-refractivity contribution is 0.223. The first-order valence-electron chi connectivity index (χ1n) is 9.67. The molecule has 2 atom stereocenters. The third kappa shape index (κ3) is 2.61. The van der Waals surface area contributed by atoms with Gasteiger partial charge in [0.1, 0.15) is 0 Å². The minimum atomic E-state index is 0.531. The van der Waals surface area contributed by atoms with Gasteiger partial charge in [-0.25, -0.2) is 0 Å². The first kappa shape index (κ1) is 16.9. The fourth-order valence-corrected chi connectivity index (χ4v) is 4.97. The van der Waals surface area contributed by atoms with Crippen LogP contribution in [-0.2, 0) is 6.42 Å². The first-order valence-corrected chi connectivity index (χ1v) is 10.0. The molecule has 3 heterocycles. The standard InChI is InChI=1S/C24H23ClN2/c1-15-4-8-21-19(12-15)24-22-9-6-18(26(22)3)14-23(24)27(21)11-10-17-5-7-20(25)16(2)13-17/h4-5,7-8,12-13,18,22H,6,9,14H2,1-3H3. The van der Waals surface area contributed by atoms with Crippen molar-refractivity contribution in [2.75, 3.05) is 7.05 Å². The van der Waals surface area contributed by atoms with Crippen LogP contribution in [-0.4, -0.2) is 22.6 Å². The number of hydrogen-bond donors (Lipinski definition) is 0. The van der Waals surface area contributed by atoms with Crippen LogP contribution in [0.3, 0.4) is 0 Å². The Labute approximate surface area is 165 Å². The Hall–Kier alpha value is -2.21. The van der Waals surface area contributed by atoms with Gasteiger partial charge in [-0.05, 0) is 81.1 Å². The molecule has 1 aromatic heterocycles. The zero-order chi connectivity index (χ0) is 18.7. The number of benzene rings is 2. The number of hydrogen-bond acceptors (Lipinski definition) is 1. The van der Waals surface area contributed by atoms with E-state index in [1.54, 1.807) is 0 Å². The van der Waals surface area contributed by atoms with Crippen molar-refractivity contribution in [3.63, 3.8) is 0 Å². The quantitative estimate of drug-likeness (QED) is 0.474. The smallest absolute Gasteiger partial charge is 0.0618 e. The number of nitrogens with zero attached hydrogens (tertiary/aromatic N) is 2. The predicted octanol–water partition coefficient (Wildman–Crippen LogP) is 5.46. The van der Waals surface area contributed by atoms with Crippen LogP contribution in [0, 0.1) is 25.8 Å². The summed E-state index contributed by atoms with van der Waals surface area (Å²) in [6.07, 6.45) is 3.63. The fraction of sp³-hybridized carbons (Fsp3) is 0.333. The highest BCUT2D eigenvalue weighted by Gasteiger charge is 2.40. The Morgan fingerprint density at radius 1 is 1.07 bits per heavy atom. The molecular weight excluding hydrogens is 352 g/mol. The highest BCUT2D eigenvalue weighted by molar-refractivity contribution is 6.31. The van der Waals surface area contributed by atoms with E-state index in [9.17, 15) is 0 Å². The molecule has 136 valence electrons. The van der Waals surface area contributed by atoms with Gasteiger partial charge in [-0.1, -0.05) is 23.2 Å². The molecule has 0 N–H and O–H groups in total. The van der Waals surface area contributed by atoms with Gasteiger partial charge in [-0.3, -0.25) is 9.47 Å². The van der Waals surface area contributed by atoms with Crippen molar-refractivity contribution < 1.29 is 0 Å². The van der Waals surface area contributed by atoms with Crippen LogP contribution >= 0.6 is 11.6 Å². The van der Waals surface area contributed by atoms with Gasteiger partial charge >= 0.3 is 0 Å². The van der Waals surface area contributed by atoms with Crippen molar-refractivity contribution in [2.24, 2.45) is 0 Å². The molecule has 2 nitrogen and oxygen atoms in total. The molecule has 0 saturated carbocycles. The largest absolute Gasteiger partial charge is 0.296 e. The second-order valence-corrected chi connectivity index (χ2v) is 8.44. The second-order valence-electron chi connectivity index (χ2n) is 8.03. The molecule has 2 bridgehead atoms. The van der Waals surface area contributed by atoms with Crippen molar-refractivity contribution in [1.29, 1.82) is 0 Å². The molecule has 2 aromatic carbocycles. The summed E-state index contributed by atoms with van der Waals surface area (Å²) in [6.45, 7) is 4.20. The summed E-state index contributed by atoms with van der Waals surface area (Å²) < 4.78 is 2.26. The molecule has 27 heavy (non-hydrogen) atoms. The van der Waals surface area contributed by atoms with E-state index in [0.717, 1.165) is 22.6 Å². The van der Waals surface area contributed by atoms with Crippen LogP contribution in [0.1, 0.15) is 46.8 Å². The molecule has 0 radical (unpaired) electrons. The fourth-order valence-electron chi connectivity index (χ4n) is 4.85. The van der Waals surface area contributed by atoms with E-state index < -0.39 is 0 Å². The first-order chi connectivity index (χ1) is 13.0. The minimum Gasteiger partial charge on any atom is -0.296 e. The Kier molecular flexibility index (Phi) is 3.86. The van der Waals surface area contributed by atoms with E-state index in [1.165, 1.54) is 40.6 Å². The lowest BCUT2D eigenvalue weighted by atomic mass is 9.97. The third-order valence-electron chi connectivity index (χ3n) is 6.34. The maximum atomic E-state index is 6.16. The van der Waals surface area contributed by atoms with E-state index in [2.05, 4.69) is 59.7 Å². The normalized spacial score (nSPS) is 21.2. The summed E-state index contributed by atoms with van der Waals surface area (Å²) in [6, 6.07) is 17.4. The van der Waals surface area contributed by atoms with Gasteiger partial charge in [-0.15, -0.1) is 0 Å². The molecular formula is C24H23ClN2. The third-order valence-corrected chi connectivity index (χ3v) is 6.76. The van der Waals surface area contributed by atoms with Crippen molar-refractivity contribution >= 4 is 22.5 Å². The number of aromatic nitrogens is 1. The van der Waals surface area contributed by atoms with Crippen molar-refractivity contribution in [3.8, 4) is 12.0 Å². The molecule has 0 amide bonds. The molecule has 3 aromatic rings. The summed E-state index contributed by atoms with van der Waals surface area (Å²) in [7, 11) is 2.28. The van der Waals surface area contributed by atoms with Crippen molar-refractivity contribution in [3.05, 3.63) is 69.4 Å². The number of fused-ring (bicyclic) bond motifs is 6. The molecule has 0 aliphatic carbocycles. The predicted molar refractivity (Wildman–Crippen MR) is 112 cm³/mol. The summed E-state index contributed by atoms with van der Waals surface area (Å²) in [5, 5.41) is 2.17. The summed E-state index contributed by atoms with van der Waals surface area (Å²) in [5.41, 5.74) is 7.55. The van der Waals surface area contributed by atoms with E-state index >= 15 is 0 Å². The van der Waals surface area contributed by atoms with Crippen molar-refractivity contribution in [2.45, 2.75) is 45.2 Å². The van der Waals surface area contributed by atoms with Crippen LogP contribution < -0.4 is 0 Å². The monoisotopic (exact) mass is 374 g/mol. The van der Waals surface area contributed by atoms with Gasteiger partial charge in [-0.2, -0.15) is 0 Å². The van der Waals surface area contributed by atoms with Crippen LogP contribution in [0.5, 0.6) is 0 Å². The average Bonchev–Trinajstić information content (AvgIpc) is 3.06. The Morgan fingerprint density at radius 3 is 2.74 bits per heavy atom. The van der Waals surface area contributed by atoms with E-state index in [1.807, 2.05) is 19.1 Å². The van der Waals surface area contributed by atoms with Gasteiger partial charge in [0, 0.05) is 46.2 Å². The molecule has 3 heteroatoms. The van der Waals surface area contributed by atoms with E-state index in [-0.39, 0.29) is 0 Å². The Balaban J connectivity index is 1.71. The maximum absolute atomic E-state index is 6.16. The Bertz CT molecular complexity index is 1130. The molecule has 2 aliphatic heterocycles. The van der Waals surface area contributed by atoms with Crippen LogP contribution in [0.25, 0.3) is 10.9 Å². The minimum absolute atomic E-state index is 0.531. The lowest BCUT2D eigenvalue weighted by Gasteiger charge is -2.31. The van der Waals surface area contributed by atoms with Crippen LogP contribution in [0.2, 0.25) is 5.02 Å². The zero-order valence-electron chi connectivity index (χ0n) is 16.0. The van der Waals surface area contributed by atoms with Gasteiger partial charge in [0.25, 0.3) is 0 Å². The lowest BCUT2D eigenvalue weighted by Crippen LogP contribution is -2.34. The second kappa shape index (κ2) is 6.16. The summed E-state index contributed by atoms with van der Waals surface area (Å²) >= 11 is 6.16. The van der Waals surface area contributed by atoms with Crippen molar-refractivity contribution in [1.82, 2.24) is 9.47 Å². The van der Waals surface area contributed by atoms with Gasteiger partial charge < -0.3 is 0 Å². The average molecular weight is 375 g/mol. The van der Waals surface area contributed by atoms with Gasteiger partial charge in [0.05, 0.1) is 5.52 Å². The molecule has 5 rings (SSSR count). The number of halogens is 1. The van der Waals surface area contributed by atoms with Gasteiger partial charge in [0.2, 0.25) is 0 Å². The van der Waals surface area contributed by atoms with Crippen LogP contribution in [0.4, 0.5) is 0 Å². The number of likely N-dealkylation sites (N-methyl/N-ethyl adjacent to an activating group) is 1. The van der Waals surface area contributed by atoms with Gasteiger partial charge in [0.15, 0.2) is 0 Å². The molecule has 1 saturated heterocycles. The highest BCUT2D eigenvalue weighted by atomic mass is 35.5. The molecule has 0 spiro atoms. The van der Waals surface area contributed by atoms with E-state index in [0.29, 0.717) is 12.1 Å². The summed E-state index contributed by atoms with van der Waals surface area (Å²) in [5.74, 6) is 3.37. The highest BCUT2D eigenvalue weighted by Crippen LogP contribution is 2.46.